The molecule has 4 aromatic rings. The number of benzene rings is 2. The van der Waals surface area contributed by atoms with Crippen molar-refractivity contribution in [1.82, 2.24) is 25.4 Å². The first-order valence-corrected chi connectivity index (χ1v) is 11.1. The Morgan fingerprint density at radius 3 is 2.38 bits per heavy atom. The number of halogens is 1. The summed E-state index contributed by atoms with van der Waals surface area (Å²) in [4.78, 5) is 40.6. The Morgan fingerprint density at radius 1 is 0.973 bits per heavy atom. The van der Waals surface area contributed by atoms with Gasteiger partial charge < -0.3 is 14.2 Å². The van der Waals surface area contributed by atoms with Crippen molar-refractivity contribution in [3.8, 4) is 23.1 Å². The molecule has 37 heavy (non-hydrogen) atoms. The zero-order chi connectivity index (χ0) is 26.0. The molecule has 2 aromatic heterocycles. The van der Waals surface area contributed by atoms with Crippen LogP contribution in [0, 0.1) is 5.82 Å². The van der Waals surface area contributed by atoms with Crippen molar-refractivity contribution in [2.75, 3.05) is 13.7 Å². The van der Waals surface area contributed by atoms with Crippen LogP contribution in [0.15, 0.2) is 67.0 Å². The van der Waals surface area contributed by atoms with Gasteiger partial charge in [0.1, 0.15) is 17.2 Å². The third-order valence-corrected chi connectivity index (χ3v) is 5.68. The summed E-state index contributed by atoms with van der Waals surface area (Å²) in [5.74, 6) is -0.992. The molecular formula is C25H20FN5O6. The fraction of sp³-hybridized carbons (Fsp3) is 0.160. The molecule has 0 unspecified atom stereocenters. The number of ether oxygens (including phenoxy) is 3. The number of barbiturate groups is 1. The normalized spacial score (nSPS) is 14.8. The van der Waals surface area contributed by atoms with Crippen molar-refractivity contribution in [3.63, 3.8) is 0 Å². The number of carbonyl (C=O) groups is 3. The number of nitrogens with zero attached hydrogens (tertiary/aromatic N) is 3. The van der Waals surface area contributed by atoms with Crippen molar-refractivity contribution in [3.05, 3.63) is 72.8 Å². The predicted molar refractivity (Wildman–Crippen MR) is 127 cm³/mol. The van der Waals surface area contributed by atoms with Gasteiger partial charge in [-0.05, 0) is 54.6 Å². The Kier molecular flexibility index (Phi) is 6.24. The lowest BCUT2D eigenvalue weighted by Crippen LogP contribution is -2.69. The van der Waals surface area contributed by atoms with Gasteiger partial charge in [-0.15, -0.1) is 0 Å². The molecule has 0 saturated carbocycles. The van der Waals surface area contributed by atoms with Crippen molar-refractivity contribution in [2.24, 2.45) is 0 Å². The molecule has 1 fully saturated rings. The number of amides is 4. The number of rotatable bonds is 8. The van der Waals surface area contributed by atoms with E-state index in [2.05, 4.69) is 20.7 Å². The van der Waals surface area contributed by atoms with Crippen LogP contribution < -0.4 is 20.1 Å². The Hall–Kier alpha value is -4.84. The number of methoxy groups -OCH3 is 1. The minimum Gasteiger partial charge on any atom is -0.467 e. The lowest BCUT2D eigenvalue weighted by Gasteiger charge is -2.34. The van der Waals surface area contributed by atoms with Crippen LogP contribution in [0.5, 0.6) is 17.2 Å². The number of pyridine rings is 1. The molecule has 0 atom stereocenters. The summed E-state index contributed by atoms with van der Waals surface area (Å²) in [7, 11) is 1.42. The number of urea groups is 1. The molecule has 3 heterocycles. The van der Waals surface area contributed by atoms with E-state index in [1.165, 1.54) is 42.3 Å². The van der Waals surface area contributed by atoms with Crippen LogP contribution in [0.3, 0.4) is 0 Å². The summed E-state index contributed by atoms with van der Waals surface area (Å²) < 4.78 is 32.3. The first-order chi connectivity index (χ1) is 17.9. The standard InChI is InChI=1S/C25H20FN5O6/c1-35-12-10-25(22(32)29-24(34)30-23(25)33)37-17-6-4-16(5-7-17)36-18-8-9-20-15(13-18)14-28-31(20)21-19(26)3-2-11-27-21/h2-9,11,13-14H,10,12H2,1H3,(H2,29,30,32,33,34). The zero-order valence-corrected chi connectivity index (χ0v) is 19.4. The molecule has 4 amide bonds. The van der Waals surface area contributed by atoms with E-state index in [1.54, 1.807) is 36.5 Å². The van der Waals surface area contributed by atoms with Gasteiger partial charge in [0.05, 0.1) is 18.3 Å². The average molecular weight is 505 g/mol. The Morgan fingerprint density at radius 2 is 1.68 bits per heavy atom. The van der Waals surface area contributed by atoms with Gasteiger partial charge in [0.25, 0.3) is 17.4 Å². The Bertz CT molecular complexity index is 1480. The van der Waals surface area contributed by atoms with Crippen LogP contribution >= 0.6 is 0 Å². The van der Waals surface area contributed by atoms with Gasteiger partial charge in [0.2, 0.25) is 0 Å². The molecule has 188 valence electrons. The maximum atomic E-state index is 14.1. The number of carbonyl (C=O) groups excluding carboxylic acids is 3. The molecule has 2 N–H and O–H groups in total. The fourth-order valence-electron chi connectivity index (χ4n) is 3.85. The van der Waals surface area contributed by atoms with Crippen LogP contribution in [0.25, 0.3) is 16.7 Å². The lowest BCUT2D eigenvalue weighted by atomic mass is 9.95. The van der Waals surface area contributed by atoms with Gasteiger partial charge in [-0.25, -0.2) is 18.9 Å². The second-order valence-corrected chi connectivity index (χ2v) is 8.07. The van der Waals surface area contributed by atoms with Crippen LogP contribution in [-0.2, 0) is 14.3 Å². The third-order valence-electron chi connectivity index (χ3n) is 5.68. The van der Waals surface area contributed by atoms with Gasteiger partial charge in [0, 0.05) is 25.1 Å². The van der Waals surface area contributed by atoms with Crippen LogP contribution in [-0.4, -0.2) is 51.9 Å². The minimum atomic E-state index is -1.97. The van der Waals surface area contributed by atoms with E-state index in [0.29, 0.717) is 22.4 Å². The molecule has 1 saturated heterocycles. The minimum absolute atomic E-state index is 0.0439. The van der Waals surface area contributed by atoms with Crippen LogP contribution in [0.4, 0.5) is 9.18 Å². The van der Waals surface area contributed by atoms with Gasteiger partial charge >= 0.3 is 6.03 Å². The lowest BCUT2D eigenvalue weighted by molar-refractivity contribution is -0.153. The van der Waals surface area contributed by atoms with E-state index in [1.807, 2.05) is 0 Å². The Balaban J connectivity index is 1.34. The molecule has 0 aliphatic carbocycles. The van der Waals surface area contributed by atoms with Crippen molar-refractivity contribution >= 4 is 28.7 Å². The summed E-state index contributed by atoms with van der Waals surface area (Å²) in [5.41, 5.74) is -1.32. The van der Waals surface area contributed by atoms with Gasteiger partial charge in [0.15, 0.2) is 11.6 Å². The predicted octanol–water partition coefficient (Wildman–Crippen LogP) is 2.87. The quantitative estimate of drug-likeness (QED) is 0.349. The second kappa shape index (κ2) is 9.66. The number of fused-ring (bicyclic) bond motifs is 1. The van der Waals surface area contributed by atoms with Crippen LogP contribution in [0.1, 0.15) is 6.42 Å². The number of aromatic nitrogens is 3. The van der Waals surface area contributed by atoms with Crippen molar-refractivity contribution < 1.29 is 33.0 Å². The number of hydrogen-bond donors (Lipinski definition) is 2. The van der Waals surface area contributed by atoms with Gasteiger partial charge in [-0.2, -0.15) is 5.10 Å². The fourth-order valence-corrected chi connectivity index (χ4v) is 3.85. The molecule has 1 aliphatic heterocycles. The summed E-state index contributed by atoms with van der Waals surface area (Å²) >= 11 is 0. The van der Waals surface area contributed by atoms with Gasteiger partial charge in [-0.3, -0.25) is 20.2 Å². The first-order valence-electron chi connectivity index (χ1n) is 11.1. The topological polar surface area (TPSA) is 134 Å². The maximum Gasteiger partial charge on any atom is 0.328 e. The highest BCUT2D eigenvalue weighted by atomic mass is 19.1. The number of imide groups is 2. The summed E-state index contributed by atoms with van der Waals surface area (Å²) in [6.45, 7) is 0.0439. The highest BCUT2D eigenvalue weighted by Crippen LogP contribution is 2.30. The summed E-state index contributed by atoms with van der Waals surface area (Å²) in [6, 6.07) is 13.4. The summed E-state index contributed by atoms with van der Waals surface area (Å²) in [5, 5.41) is 9.06. The zero-order valence-electron chi connectivity index (χ0n) is 19.4. The molecule has 0 spiro atoms. The van der Waals surface area contributed by atoms with E-state index >= 15 is 0 Å². The highest BCUT2D eigenvalue weighted by Gasteiger charge is 2.52. The van der Waals surface area contributed by atoms with Crippen molar-refractivity contribution in [2.45, 2.75) is 12.0 Å². The molecule has 11 nitrogen and oxygen atoms in total. The van der Waals surface area contributed by atoms with Crippen LogP contribution in [0.2, 0.25) is 0 Å². The molecule has 5 rings (SSSR count). The molecule has 0 radical (unpaired) electrons. The smallest absolute Gasteiger partial charge is 0.328 e. The summed E-state index contributed by atoms with van der Waals surface area (Å²) in [6.07, 6.45) is 2.96. The van der Waals surface area contributed by atoms with Gasteiger partial charge in [-0.1, -0.05) is 0 Å². The van der Waals surface area contributed by atoms with E-state index < -0.39 is 29.3 Å². The highest BCUT2D eigenvalue weighted by molar-refractivity contribution is 6.21. The Labute approximate surface area is 209 Å². The van der Waals surface area contributed by atoms with E-state index in [9.17, 15) is 18.8 Å². The van der Waals surface area contributed by atoms with E-state index in [4.69, 9.17) is 14.2 Å². The molecule has 1 aliphatic rings. The molecular weight excluding hydrogens is 485 g/mol. The third kappa shape index (κ3) is 4.57. The maximum absolute atomic E-state index is 14.1. The largest absolute Gasteiger partial charge is 0.467 e. The first kappa shape index (κ1) is 23.9. The second-order valence-electron chi connectivity index (χ2n) is 8.07. The molecule has 0 bridgehead atoms. The number of nitrogens with one attached hydrogen (secondary N) is 2. The van der Waals surface area contributed by atoms with E-state index in [-0.39, 0.29) is 24.6 Å². The SMILES string of the molecule is COCCC1(Oc2ccc(Oc3ccc4c(cnn4-c4ncccc4F)c3)cc2)C(=O)NC(=O)NC1=O. The molecule has 2 aromatic carbocycles. The average Bonchev–Trinajstić information content (AvgIpc) is 3.30. The van der Waals surface area contributed by atoms with Crippen molar-refractivity contribution in [1.29, 1.82) is 0 Å². The number of hydrogen-bond acceptors (Lipinski definition) is 8. The monoisotopic (exact) mass is 505 g/mol. The molecule has 12 heteroatoms. The van der Waals surface area contributed by atoms with E-state index in [0.717, 1.165) is 0 Å².